The molecule has 1 aliphatic rings. The lowest BCUT2D eigenvalue weighted by Gasteiger charge is -2.31. The summed E-state index contributed by atoms with van der Waals surface area (Å²) < 4.78 is 10.2. The predicted molar refractivity (Wildman–Crippen MR) is 47.4 cm³/mol. The van der Waals surface area contributed by atoms with Gasteiger partial charge in [0.2, 0.25) is 0 Å². The van der Waals surface area contributed by atoms with Crippen molar-refractivity contribution in [1.29, 1.82) is 0 Å². The van der Waals surface area contributed by atoms with Crippen molar-refractivity contribution in [1.82, 2.24) is 4.90 Å². The largest absolute Gasteiger partial charge is 0.450 e. The van der Waals surface area contributed by atoms with Gasteiger partial charge in [-0.3, -0.25) is 0 Å². The van der Waals surface area contributed by atoms with E-state index in [-0.39, 0.29) is 12.2 Å². The molecule has 1 heterocycles. The highest BCUT2D eigenvalue weighted by molar-refractivity contribution is 5.67. The number of nitrogens with two attached hydrogens (primary N) is 1. The second-order valence-electron chi connectivity index (χ2n) is 2.87. The molecule has 0 spiro atoms. The van der Waals surface area contributed by atoms with E-state index in [2.05, 4.69) is 0 Å². The molecule has 0 saturated carbocycles. The van der Waals surface area contributed by atoms with Gasteiger partial charge >= 0.3 is 6.09 Å². The zero-order chi connectivity index (χ0) is 9.68. The van der Waals surface area contributed by atoms with E-state index < -0.39 is 0 Å². The normalized spacial score (nSPS) is 22.9. The van der Waals surface area contributed by atoms with Crippen LogP contribution in [0.15, 0.2) is 0 Å². The summed E-state index contributed by atoms with van der Waals surface area (Å²) in [5, 5.41) is 0. The summed E-state index contributed by atoms with van der Waals surface area (Å²) in [6.45, 7) is 4.31. The van der Waals surface area contributed by atoms with E-state index in [0.29, 0.717) is 32.8 Å². The van der Waals surface area contributed by atoms with E-state index in [9.17, 15) is 4.79 Å². The summed E-state index contributed by atoms with van der Waals surface area (Å²) in [7, 11) is 0. The highest BCUT2D eigenvalue weighted by Crippen LogP contribution is 2.05. The molecule has 0 aromatic heterocycles. The van der Waals surface area contributed by atoms with Gasteiger partial charge in [-0.15, -0.1) is 0 Å². The summed E-state index contributed by atoms with van der Waals surface area (Å²) in [5.74, 6) is 0. The molecule has 2 N–H and O–H groups in total. The van der Waals surface area contributed by atoms with Crippen LogP contribution in [-0.2, 0) is 9.47 Å². The first-order valence-electron chi connectivity index (χ1n) is 4.51. The first-order valence-corrected chi connectivity index (χ1v) is 4.51. The van der Waals surface area contributed by atoms with Crippen LogP contribution in [0.25, 0.3) is 0 Å². The molecule has 1 aliphatic heterocycles. The lowest BCUT2D eigenvalue weighted by Crippen LogP contribution is -2.48. The standard InChI is InChI=1S/C8H16N2O3/c1-2-12-8(11)10-3-4-13-7(5-9)6-10/h7H,2-6,9H2,1H3/t7-/m1/s1. The second kappa shape index (κ2) is 5.04. The number of ether oxygens (including phenoxy) is 2. The van der Waals surface area contributed by atoms with Gasteiger partial charge in [0.1, 0.15) is 0 Å². The van der Waals surface area contributed by atoms with Crippen molar-refractivity contribution in [2.24, 2.45) is 5.73 Å². The first-order chi connectivity index (χ1) is 6.27. The van der Waals surface area contributed by atoms with Crippen LogP contribution in [0.1, 0.15) is 6.92 Å². The lowest BCUT2D eigenvalue weighted by atomic mass is 10.3. The predicted octanol–water partition coefficient (Wildman–Crippen LogP) is -0.198. The minimum absolute atomic E-state index is 0.0434. The molecule has 5 heteroatoms. The van der Waals surface area contributed by atoms with Crippen LogP contribution in [0.3, 0.4) is 0 Å². The third kappa shape index (κ3) is 2.86. The monoisotopic (exact) mass is 188 g/mol. The van der Waals surface area contributed by atoms with Gasteiger partial charge < -0.3 is 20.1 Å². The van der Waals surface area contributed by atoms with Crippen LogP contribution >= 0.6 is 0 Å². The Morgan fingerprint density at radius 3 is 3.15 bits per heavy atom. The van der Waals surface area contributed by atoms with Gasteiger partial charge in [0.25, 0.3) is 0 Å². The Balaban J connectivity index is 2.37. The van der Waals surface area contributed by atoms with Crippen LogP contribution < -0.4 is 5.73 Å². The van der Waals surface area contributed by atoms with Crippen LogP contribution in [-0.4, -0.2) is 49.9 Å². The Morgan fingerprint density at radius 2 is 2.54 bits per heavy atom. The summed E-state index contributed by atoms with van der Waals surface area (Å²) >= 11 is 0. The van der Waals surface area contributed by atoms with Gasteiger partial charge in [0.05, 0.1) is 25.9 Å². The fourth-order valence-electron chi connectivity index (χ4n) is 1.24. The summed E-state index contributed by atoms with van der Waals surface area (Å²) in [6, 6.07) is 0. The number of carbonyl (C=O) groups is 1. The molecule has 1 saturated heterocycles. The first kappa shape index (κ1) is 10.3. The minimum atomic E-state index is -0.274. The third-order valence-electron chi connectivity index (χ3n) is 1.93. The molecule has 0 aromatic carbocycles. The Hall–Kier alpha value is -0.810. The third-order valence-corrected chi connectivity index (χ3v) is 1.93. The second-order valence-corrected chi connectivity index (χ2v) is 2.87. The van der Waals surface area contributed by atoms with Gasteiger partial charge in [-0.1, -0.05) is 0 Å². The van der Waals surface area contributed by atoms with Crippen molar-refractivity contribution in [2.45, 2.75) is 13.0 Å². The Morgan fingerprint density at radius 1 is 1.77 bits per heavy atom. The van der Waals surface area contributed by atoms with Crippen molar-refractivity contribution in [2.75, 3.05) is 32.8 Å². The summed E-state index contributed by atoms with van der Waals surface area (Å²) in [6.07, 6.45) is -0.317. The van der Waals surface area contributed by atoms with Gasteiger partial charge in [0.15, 0.2) is 0 Å². The maximum Gasteiger partial charge on any atom is 0.409 e. The molecule has 0 unspecified atom stereocenters. The Kier molecular flexibility index (Phi) is 3.98. The van der Waals surface area contributed by atoms with Gasteiger partial charge in [-0.25, -0.2) is 4.79 Å². The number of amides is 1. The SMILES string of the molecule is CCOC(=O)N1CCO[C@H](CN)C1. The number of morpholine rings is 1. The lowest BCUT2D eigenvalue weighted by molar-refractivity contribution is -0.0218. The number of hydrogen-bond acceptors (Lipinski definition) is 4. The molecule has 0 aromatic rings. The maximum atomic E-state index is 11.3. The Bertz CT molecular complexity index is 175. The number of rotatable bonds is 2. The van der Waals surface area contributed by atoms with E-state index >= 15 is 0 Å². The van der Waals surface area contributed by atoms with Crippen LogP contribution in [0, 0.1) is 0 Å². The molecular weight excluding hydrogens is 172 g/mol. The molecule has 76 valence electrons. The zero-order valence-electron chi connectivity index (χ0n) is 7.86. The van der Waals surface area contributed by atoms with Crippen LogP contribution in [0.2, 0.25) is 0 Å². The zero-order valence-corrected chi connectivity index (χ0v) is 7.86. The minimum Gasteiger partial charge on any atom is -0.450 e. The molecule has 0 bridgehead atoms. The average molecular weight is 188 g/mol. The Labute approximate surface area is 77.8 Å². The van der Waals surface area contributed by atoms with Gasteiger partial charge in [0, 0.05) is 13.1 Å². The van der Waals surface area contributed by atoms with E-state index in [1.165, 1.54) is 0 Å². The van der Waals surface area contributed by atoms with Crippen molar-refractivity contribution in [3.05, 3.63) is 0 Å². The quantitative estimate of drug-likeness (QED) is 0.652. The molecule has 0 aliphatic carbocycles. The summed E-state index contributed by atoms with van der Waals surface area (Å²) in [5.41, 5.74) is 5.44. The van der Waals surface area contributed by atoms with Crippen molar-refractivity contribution >= 4 is 6.09 Å². The highest BCUT2D eigenvalue weighted by atomic mass is 16.6. The number of hydrogen-bond donors (Lipinski definition) is 1. The van der Waals surface area contributed by atoms with Crippen molar-refractivity contribution < 1.29 is 14.3 Å². The molecule has 13 heavy (non-hydrogen) atoms. The van der Waals surface area contributed by atoms with E-state index in [4.69, 9.17) is 15.2 Å². The molecular formula is C8H16N2O3. The number of carbonyl (C=O) groups excluding carboxylic acids is 1. The smallest absolute Gasteiger partial charge is 0.409 e. The van der Waals surface area contributed by atoms with Crippen molar-refractivity contribution in [3.63, 3.8) is 0 Å². The van der Waals surface area contributed by atoms with Gasteiger partial charge in [-0.05, 0) is 6.92 Å². The fourth-order valence-corrected chi connectivity index (χ4v) is 1.24. The molecule has 1 rings (SSSR count). The molecule has 0 radical (unpaired) electrons. The van der Waals surface area contributed by atoms with E-state index in [1.807, 2.05) is 0 Å². The fraction of sp³-hybridized carbons (Fsp3) is 0.875. The van der Waals surface area contributed by atoms with E-state index in [0.717, 1.165) is 0 Å². The van der Waals surface area contributed by atoms with Crippen LogP contribution in [0.5, 0.6) is 0 Å². The van der Waals surface area contributed by atoms with Gasteiger partial charge in [-0.2, -0.15) is 0 Å². The highest BCUT2D eigenvalue weighted by Gasteiger charge is 2.23. The van der Waals surface area contributed by atoms with E-state index in [1.54, 1.807) is 11.8 Å². The molecule has 1 fully saturated rings. The van der Waals surface area contributed by atoms with Crippen molar-refractivity contribution in [3.8, 4) is 0 Å². The molecule has 1 amide bonds. The molecule has 1 atom stereocenters. The maximum absolute atomic E-state index is 11.3. The van der Waals surface area contributed by atoms with Crippen LogP contribution in [0.4, 0.5) is 4.79 Å². The average Bonchev–Trinajstić information content (AvgIpc) is 2.18. The summed E-state index contributed by atoms with van der Waals surface area (Å²) in [4.78, 5) is 12.9. The number of nitrogens with zero attached hydrogens (tertiary/aromatic N) is 1. The topological polar surface area (TPSA) is 64.8 Å². The molecule has 5 nitrogen and oxygen atoms in total.